The smallest absolute Gasteiger partial charge is 0.255 e. The largest absolute Gasteiger partial charge is 0.352 e. The zero-order valence-corrected chi connectivity index (χ0v) is 25.4. The monoisotopic (exact) mass is 630 g/mol. The third-order valence-electron chi connectivity index (χ3n) is 7.76. The van der Waals surface area contributed by atoms with Gasteiger partial charge in [-0.15, -0.1) is 0 Å². The Hall–Kier alpha value is -5.68. The number of H-pyrrole nitrogens is 2. The molecule has 4 heterocycles. The van der Waals surface area contributed by atoms with Crippen LogP contribution in [0, 0.1) is 5.82 Å². The molecule has 9 nitrogen and oxygen atoms in total. The van der Waals surface area contributed by atoms with E-state index in [1.54, 1.807) is 43.0 Å². The maximum absolute atomic E-state index is 14.7. The fraction of sp³-hybridized carbons (Fsp3) is 0.0857. The van der Waals surface area contributed by atoms with Gasteiger partial charge in [0.15, 0.2) is 0 Å². The first-order valence-electron chi connectivity index (χ1n) is 14.4. The number of nitrogens with one attached hydrogen (secondary N) is 3. The molecule has 11 heteroatoms. The molecule has 0 saturated carbocycles. The molecule has 46 heavy (non-hydrogen) atoms. The van der Waals surface area contributed by atoms with Crippen molar-refractivity contribution in [3.05, 3.63) is 121 Å². The standard InChI is InChI=1S/C35H27FN6O3S/c1-46(44,45)10-9-21-11-24(13-26(36)12-21)30-19-38-20-33-28(30)16-32(40-33)34-29-15-23(7-8-31(29)41-42-34)25-14-27(18-37-17-25)39-35(43)22-5-3-2-4-6-22/h2-8,11-20,40H,9-10H2,1H3,(H,39,43)(H,41,42). The van der Waals surface area contributed by atoms with Crippen molar-refractivity contribution in [1.82, 2.24) is 25.1 Å². The highest BCUT2D eigenvalue weighted by molar-refractivity contribution is 7.90. The first kappa shape index (κ1) is 29.1. The Morgan fingerprint density at radius 3 is 2.48 bits per heavy atom. The Labute approximate surface area is 263 Å². The lowest BCUT2D eigenvalue weighted by Gasteiger charge is -2.08. The first-order chi connectivity index (χ1) is 22.2. The van der Waals surface area contributed by atoms with Crippen LogP contribution in [0.25, 0.3) is 55.4 Å². The van der Waals surface area contributed by atoms with Crippen molar-refractivity contribution in [3.8, 4) is 33.6 Å². The van der Waals surface area contributed by atoms with Crippen molar-refractivity contribution >= 4 is 43.2 Å². The van der Waals surface area contributed by atoms with Gasteiger partial charge in [-0.1, -0.05) is 30.3 Å². The lowest BCUT2D eigenvalue weighted by molar-refractivity contribution is 0.102. The number of anilines is 1. The van der Waals surface area contributed by atoms with Crippen molar-refractivity contribution in [2.24, 2.45) is 0 Å². The minimum absolute atomic E-state index is 0.0659. The number of aromatic amines is 2. The van der Waals surface area contributed by atoms with Crippen LogP contribution in [0.5, 0.6) is 0 Å². The van der Waals surface area contributed by atoms with Crippen molar-refractivity contribution < 1.29 is 17.6 Å². The highest BCUT2D eigenvalue weighted by Gasteiger charge is 2.16. The van der Waals surface area contributed by atoms with Crippen LogP contribution >= 0.6 is 0 Å². The molecule has 0 bridgehead atoms. The van der Waals surface area contributed by atoms with Crippen LogP contribution in [0.3, 0.4) is 0 Å². The number of rotatable bonds is 8. The van der Waals surface area contributed by atoms with Crippen LogP contribution in [0.2, 0.25) is 0 Å². The van der Waals surface area contributed by atoms with Gasteiger partial charge in [0.05, 0.1) is 40.6 Å². The summed E-state index contributed by atoms with van der Waals surface area (Å²) in [5, 5.41) is 12.3. The molecular weight excluding hydrogens is 603 g/mol. The van der Waals surface area contributed by atoms with E-state index in [1.807, 2.05) is 48.5 Å². The van der Waals surface area contributed by atoms with E-state index < -0.39 is 15.7 Å². The van der Waals surface area contributed by atoms with Crippen molar-refractivity contribution in [2.75, 3.05) is 17.3 Å². The molecule has 0 unspecified atom stereocenters. The molecule has 7 rings (SSSR count). The summed E-state index contributed by atoms with van der Waals surface area (Å²) in [7, 11) is -3.20. The highest BCUT2D eigenvalue weighted by Crippen LogP contribution is 2.35. The van der Waals surface area contributed by atoms with E-state index >= 15 is 0 Å². The molecule has 1 amide bonds. The van der Waals surface area contributed by atoms with Gasteiger partial charge >= 0.3 is 0 Å². The van der Waals surface area contributed by atoms with E-state index in [-0.39, 0.29) is 18.1 Å². The molecule has 0 aliphatic carbocycles. The zero-order chi connectivity index (χ0) is 31.8. The molecule has 228 valence electrons. The van der Waals surface area contributed by atoms with Gasteiger partial charge in [0.25, 0.3) is 5.91 Å². The predicted molar refractivity (Wildman–Crippen MR) is 178 cm³/mol. The van der Waals surface area contributed by atoms with E-state index in [0.29, 0.717) is 33.6 Å². The zero-order valence-electron chi connectivity index (χ0n) is 24.6. The molecule has 3 aromatic carbocycles. The normalized spacial score (nSPS) is 11.7. The maximum Gasteiger partial charge on any atom is 0.255 e. The first-order valence-corrected chi connectivity index (χ1v) is 16.5. The third-order valence-corrected chi connectivity index (χ3v) is 8.70. The summed E-state index contributed by atoms with van der Waals surface area (Å²) in [4.78, 5) is 24.8. The summed E-state index contributed by atoms with van der Waals surface area (Å²) in [5.41, 5.74) is 7.75. The minimum Gasteiger partial charge on any atom is -0.352 e. The summed E-state index contributed by atoms with van der Waals surface area (Å²) < 4.78 is 38.1. The molecule has 0 aliphatic heterocycles. The molecule has 0 fully saturated rings. The van der Waals surface area contributed by atoms with Crippen LogP contribution in [-0.4, -0.2) is 51.5 Å². The Balaban J connectivity index is 1.22. The van der Waals surface area contributed by atoms with Crippen molar-refractivity contribution in [1.29, 1.82) is 0 Å². The van der Waals surface area contributed by atoms with Gasteiger partial charge in [0.2, 0.25) is 0 Å². The molecule has 0 aliphatic rings. The number of carbonyl (C=O) groups excluding carboxylic acids is 1. The van der Waals surface area contributed by atoms with E-state index in [4.69, 9.17) is 0 Å². The Morgan fingerprint density at radius 2 is 1.65 bits per heavy atom. The fourth-order valence-corrected chi connectivity index (χ4v) is 6.13. The Morgan fingerprint density at radius 1 is 0.826 bits per heavy atom. The van der Waals surface area contributed by atoms with Gasteiger partial charge < -0.3 is 10.3 Å². The van der Waals surface area contributed by atoms with Crippen LogP contribution in [0.4, 0.5) is 10.1 Å². The number of carbonyl (C=O) groups is 1. The Bertz CT molecular complexity index is 2370. The molecular formula is C35H27FN6O3S. The second kappa shape index (κ2) is 11.7. The molecule has 4 aromatic heterocycles. The van der Waals surface area contributed by atoms with E-state index in [2.05, 4.69) is 30.5 Å². The second-order valence-corrected chi connectivity index (χ2v) is 13.4. The van der Waals surface area contributed by atoms with Gasteiger partial charge in [-0.3, -0.25) is 19.9 Å². The minimum atomic E-state index is -3.20. The average molecular weight is 631 g/mol. The third kappa shape index (κ3) is 6.00. The summed E-state index contributed by atoms with van der Waals surface area (Å²) in [6.45, 7) is 0. The fourth-order valence-electron chi connectivity index (χ4n) is 5.52. The van der Waals surface area contributed by atoms with E-state index in [9.17, 15) is 17.6 Å². The number of fused-ring (bicyclic) bond motifs is 2. The van der Waals surface area contributed by atoms with Crippen LogP contribution < -0.4 is 5.32 Å². The number of aryl methyl sites for hydroxylation is 1. The van der Waals surface area contributed by atoms with Crippen LogP contribution in [0.15, 0.2) is 104 Å². The predicted octanol–water partition coefficient (Wildman–Crippen LogP) is 6.81. The van der Waals surface area contributed by atoms with Crippen molar-refractivity contribution in [2.45, 2.75) is 6.42 Å². The summed E-state index contributed by atoms with van der Waals surface area (Å²) in [6.07, 6.45) is 8.10. The van der Waals surface area contributed by atoms with Crippen molar-refractivity contribution in [3.63, 3.8) is 0 Å². The number of sulfone groups is 1. The van der Waals surface area contributed by atoms with Gasteiger partial charge in [-0.25, -0.2) is 12.8 Å². The topological polar surface area (TPSA) is 133 Å². The number of nitrogens with zero attached hydrogens (tertiary/aromatic N) is 3. The van der Waals surface area contributed by atoms with Gasteiger partial charge in [0, 0.05) is 46.1 Å². The average Bonchev–Trinajstić information content (AvgIpc) is 3.68. The number of amides is 1. The number of pyridine rings is 2. The number of aromatic nitrogens is 5. The number of halogens is 1. The van der Waals surface area contributed by atoms with E-state index in [1.165, 1.54) is 18.4 Å². The van der Waals surface area contributed by atoms with Gasteiger partial charge in [-0.05, 0) is 71.6 Å². The van der Waals surface area contributed by atoms with E-state index in [0.717, 1.165) is 38.6 Å². The highest BCUT2D eigenvalue weighted by atomic mass is 32.2. The molecule has 0 atom stereocenters. The van der Waals surface area contributed by atoms with Gasteiger partial charge in [-0.2, -0.15) is 5.10 Å². The van der Waals surface area contributed by atoms with Gasteiger partial charge in [0.1, 0.15) is 21.3 Å². The Kier molecular flexibility index (Phi) is 7.37. The SMILES string of the molecule is CS(=O)(=O)CCc1cc(F)cc(-c2cncc3[nH]c(-c4n[nH]c5ccc(-c6cncc(NC(=O)c7ccccc7)c6)cc45)cc23)c1. The summed E-state index contributed by atoms with van der Waals surface area (Å²) in [6, 6.07) is 23.3. The maximum atomic E-state index is 14.7. The lowest BCUT2D eigenvalue weighted by atomic mass is 10.00. The molecule has 3 N–H and O–H groups in total. The number of hydrogen-bond acceptors (Lipinski definition) is 6. The molecule has 0 radical (unpaired) electrons. The quantitative estimate of drug-likeness (QED) is 0.169. The molecule has 0 saturated heterocycles. The second-order valence-electron chi connectivity index (χ2n) is 11.2. The number of benzene rings is 3. The lowest BCUT2D eigenvalue weighted by Crippen LogP contribution is -2.11. The van der Waals surface area contributed by atoms with Crippen LogP contribution in [0.1, 0.15) is 15.9 Å². The number of hydrogen-bond donors (Lipinski definition) is 3. The molecule has 7 aromatic rings. The molecule has 0 spiro atoms. The van der Waals surface area contributed by atoms with Crippen LogP contribution in [-0.2, 0) is 16.3 Å². The summed E-state index contributed by atoms with van der Waals surface area (Å²) >= 11 is 0. The summed E-state index contributed by atoms with van der Waals surface area (Å²) in [5.74, 6) is -0.732.